The van der Waals surface area contributed by atoms with Crippen LogP contribution in [-0.2, 0) is 56.1 Å². The number of amides is 7. The predicted octanol–water partition coefficient (Wildman–Crippen LogP) is 1.53. The minimum absolute atomic E-state index is 0.0219. The molecule has 1 aliphatic heterocycles. The molecule has 7 amide bonds. The highest BCUT2D eigenvalue weighted by Gasteiger charge is 2.46. The number of nitrogens with zero attached hydrogens (tertiary/aromatic N) is 2. The lowest BCUT2D eigenvalue weighted by molar-refractivity contribution is -0.157. The van der Waals surface area contributed by atoms with Gasteiger partial charge in [0.25, 0.3) is 0 Å². The van der Waals surface area contributed by atoms with Gasteiger partial charge >= 0.3 is 18.0 Å². The monoisotopic (exact) mass is 1010 g/mol. The molecule has 4 rings (SSSR count). The Morgan fingerprint density at radius 3 is 2.17 bits per heavy atom. The number of aromatic hydroxyl groups is 1. The number of ether oxygens (including phenoxy) is 1. The highest BCUT2D eigenvalue weighted by Crippen LogP contribution is 2.26. The molecule has 2 aromatic carbocycles. The number of aliphatic hydroxyl groups excluding tert-OH is 1. The summed E-state index contributed by atoms with van der Waals surface area (Å²) in [4.78, 5) is 129. The molecule has 2 aliphatic rings. The van der Waals surface area contributed by atoms with Crippen molar-refractivity contribution in [1.82, 2.24) is 36.4 Å². The number of fused-ring (bicyclic) bond motifs is 2. The number of phenolic OH excluding ortho intramolecular Hbond substituents is 1. The van der Waals surface area contributed by atoms with E-state index in [1.54, 1.807) is 44.2 Å². The lowest BCUT2D eigenvalue weighted by Gasteiger charge is -2.42. The Morgan fingerprint density at radius 1 is 0.875 bits per heavy atom. The number of ketones is 1. The highest BCUT2D eigenvalue weighted by molar-refractivity contribution is 6.00. The third-order valence-corrected chi connectivity index (χ3v) is 12.7. The van der Waals surface area contributed by atoms with Crippen LogP contribution in [-0.4, -0.2) is 146 Å². The van der Waals surface area contributed by atoms with Crippen LogP contribution in [0.4, 0.5) is 4.79 Å². The van der Waals surface area contributed by atoms with E-state index in [1.807, 2.05) is 6.92 Å². The molecule has 0 spiro atoms. The molecule has 2 fully saturated rings. The molecule has 2 aromatic rings. The molecular formula is C50H71N9O13. The summed E-state index contributed by atoms with van der Waals surface area (Å²) in [6, 6.07) is 2.70. The van der Waals surface area contributed by atoms with Gasteiger partial charge in [-0.1, -0.05) is 82.5 Å². The van der Waals surface area contributed by atoms with Crippen molar-refractivity contribution in [2.24, 2.45) is 11.7 Å². The number of cyclic esters (lactones) is 1. The van der Waals surface area contributed by atoms with Crippen LogP contribution in [0.25, 0.3) is 0 Å². The van der Waals surface area contributed by atoms with Crippen LogP contribution in [0.2, 0.25) is 0 Å². The smallest absolute Gasteiger partial charge is 0.329 e. The number of rotatable bonds is 19. The molecular weight excluding hydrogens is 935 g/mol. The van der Waals surface area contributed by atoms with E-state index in [0.29, 0.717) is 30.4 Å². The molecule has 11 N–H and O–H groups in total. The topological polar surface area (TPSA) is 340 Å². The number of esters is 1. The number of hydrogen-bond donors (Lipinski definition) is 10. The summed E-state index contributed by atoms with van der Waals surface area (Å²) in [6.45, 7) is 6.11. The zero-order valence-electron chi connectivity index (χ0n) is 41.6. The number of carbonyl (C=O) groups is 9. The lowest BCUT2D eigenvalue weighted by Crippen LogP contribution is -2.64. The number of benzene rings is 2. The minimum Gasteiger partial charge on any atom is -0.508 e. The fourth-order valence-corrected chi connectivity index (χ4v) is 8.57. The fourth-order valence-electron chi connectivity index (χ4n) is 8.57. The SMILES string of the molecule is CCCCCC(=O)NC(CC(=O)O)C(=O)NC1C(=O)NC(CCCCC(=N)N)C(=O)NC2CCC(O)C(C2=O)N(Cc2ccccc2)C(=O)N(C)C(Cc2ccc(O)cc2)C(=O)NC(C(C)C)C(=O)OC1C. The van der Waals surface area contributed by atoms with Gasteiger partial charge in [0, 0.05) is 32.9 Å². The summed E-state index contributed by atoms with van der Waals surface area (Å²) >= 11 is 0. The first-order valence-electron chi connectivity index (χ1n) is 24.4. The number of aliphatic hydroxyl groups is 1. The number of urea groups is 1. The molecule has 1 heterocycles. The molecule has 9 unspecified atom stereocenters. The first-order valence-corrected chi connectivity index (χ1v) is 24.4. The van der Waals surface area contributed by atoms with Crippen molar-refractivity contribution in [2.75, 3.05) is 7.05 Å². The molecule has 1 saturated heterocycles. The Kier molecular flexibility index (Phi) is 21.9. The van der Waals surface area contributed by atoms with Gasteiger partial charge < -0.3 is 62.2 Å². The van der Waals surface area contributed by atoms with E-state index in [9.17, 15) is 53.7 Å². The van der Waals surface area contributed by atoms with E-state index >= 15 is 4.79 Å². The van der Waals surface area contributed by atoms with Gasteiger partial charge in [-0.05, 0) is 68.2 Å². The molecule has 9 atom stereocenters. The number of aliphatic carboxylic acids is 1. The molecule has 72 heavy (non-hydrogen) atoms. The van der Waals surface area contributed by atoms with Crippen molar-refractivity contribution in [3.63, 3.8) is 0 Å². The van der Waals surface area contributed by atoms with Crippen LogP contribution in [0.5, 0.6) is 5.75 Å². The first kappa shape index (κ1) is 57.5. The minimum atomic E-state index is -1.87. The summed E-state index contributed by atoms with van der Waals surface area (Å²) < 4.78 is 5.84. The van der Waals surface area contributed by atoms with Crippen LogP contribution < -0.4 is 32.3 Å². The number of Topliss-reactive ketones (excluding diaryl/α,β-unsaturated/α-hetero) is 1. The lowest BCUT2D eigenvalue weighted by atomic mass is 9.85. The Hall–Kier alpha value is -7.10. The van der Waals surface area contributed by atoms with Crippen LogP contribution in [0, 0.1) is 11.3 Å². The van der Waals surface area contributed by atoms with Gasteiger partial charge in [-0.2, -0.15) is 0 Å². The van der Waals surface area contributed by atoms with Gasteiger partial charge in [-0.25, -0.2) is 9.59 Å². The van der Waals surface area contributed by atoms with Crippen LogP contribution in [0.15, 0.2) is 54.6 Å². The second kappa shape index (κ2) is 27.5. The molecule has 22 nitrogen and oxygen atoms in total. The van der Waals surface area contributed by atoms with Crippen LogP contribution in [0.3, 0.4) is 0 Å². The van der Waals surface area contributed by atoms with Crippen molar-refractivity contribution in [3.8, 4) is 5.75 Å². The van der Waals surface area contributed by atoms with Gasteiger partial charge in [0.05, 0.1) is 24.4 Å². The second-order valence-corrected chi connectivity index (χ2v) is 18.8. The van der Waals surface area contributed by atoms with E-state index in [4.69, 9.17) is 15.9 Å². The summed E-state index contributed by atoms with van der Waals surface area (Å²) in [5.74, 6) is -8.82. The Balaban J connectivity index is 1.87. The Labute approximate surface area is 419 Å². The Morgan fingerprint density at radius 2 is 1.54 bits per heavy atom. The van der Waals surface area contributed by atoms with Gasteiger partial charge in [-0.3, -0.25) is 39.0 Å². The molecule has 0 aromatic heterocycles. The number of phenols is 1. The first-order chi connectivity index (χ1) is 34.1. The van der Waals surface area contributed by atoms with E-state index in [-0.39, 0.29) is 63.1 Å². The largest absolute Gasteiger partial charge is 0.508 e. The number of carboxylic acids is 1. The maximum Gasteiger partial charge on any atom is 0.329 e. The quantitative estimate of drug-likeness (QED) is 0.0413. The zero-order chi connectivity index (χ0) is 53.2. The summed E-state index contributed by atoms with van der Waals surface area (Å²) in [5.41, 5.74) is 6.61. The number of hydrogen-bond acceptors (Lipinski definition) is 13. The van der Waals surface area contributed by atoms with Crippen molar-refractivity contribution in [1.29, 1.82) is 5.41 Å². The van der Waals surface area contributed by atoms with Crippen LogP contribution >= 0.6 is 0 Å². The predicted molar refractivity (Wildman–Crippen MR) is 262 cm³/mol. The van der Waals surface area contributed by atoms with Crippen molar-refractivity contribution in [3.05, 3.63) is 65.7 Å². The highest BCUT2D eigenvalue weighted by atomic mass is 16.5. The van der Waals surface area contributed by atoms with Crippen molar-refractivity contribution in [2.45, 2.75) is 166 Å². The number of carbonyl (C=O) groups excluding carboxylic acids is 8. The normalized spacial score (nSPS) is 24.1. The maximum absolute atomic E-state index is 15.0. The number of nitrogens with one attached hydrogen (secondary N) is 6. The maximum atomic E-state index is 15.0. The molecule has 2 bridgehead atoms. The van der Waals surface area contributed by atoms with Gasteiger partial charge in [0.2, 0.25) is 29.5 Å². The van der Waals surface area contributed by atoms with Gasteiger partial charge in [0.15, 0.2) is 5.78 Å². The van der Waals surface area contributed by atoms with Gasteiger partial charge in [0.1, 0.15) is 48.1 Å². The second-order valence-electron chi connectivity index (χ2n) is 18.8. The number of nitrogens with two attached hydrogens (primary N) is 1. The third kappa shape index (κ3) is 16.8. The summed E-state index contributed by atoms with van der Waals surface area (Å²) in [6.07, 6.45) is -1.84. The average molecular weight is 1010 g/mol. The number of carboxylic acid groups (broad SMARTS) is 1. The zero-order valence-corrected chi connectivity index (χ0v) is 41.6. The van der Waals surface area contributed by atoms with Gasteiger partial charge in [-0.15, -0.1) is 0 Å². The molecule has 1 saturated carbocycles. The summed E-state index contributed by atoms with van der Waals surface area (Å²) in [7, 11) is 1.32. The number of amidine groups is 1. The van der Waals surface area contributed by atoms with E-state index < -0.39 is 120 Å². The van der Waals surface area contributed by atoms with Crippen molar-refractivity contribution < 1.29 is 63.2 Å². The average Bonchev–Trinajstić information content (AvgIpc) is 3.32. The molecule has 0 radical (unpaired) electrons. The van der Waals surface area contributed by atoms with E-state index in [1.165, 1.54) is 38.2 Å². The summed E-state index contributed by atoms with van der Waals surface area (Å²) in [5, 5.41) is 51.8. The van der Waals surface area contributed by atoms with Crippen molar-refractivity contribution >= 4 is 59.1 Å². The van der Waals surface area contributed by atoms with E-state index in [0.717, 1.165) is 16.2 Å². The Bertz CT molecular complexity index is 2250. The standard InChI is InChI=1S/C50H71N9O13/c1-6-7-9-18-39(62)53-35(26-40(63)64)46(67)57-42-29(4)72-49(70)41(28(2)3)56-47(68)36(25-30-19-21-32(60)22-20-30)58(5)50(71)59(27-31-14-10-8-11-15-31)43-37(61)24-23-33(44(43)65)54-45(66)34(55-48(42)69)16-12-13-17-38(51)52/h8,10-11,14-15,19-22,28-29,33-37,41-43,60-61H,6-7,9,12-13,16-18,23-27H2,1-5H3,(H3,51,52)(H,53,62)(H,54,66)(H,55,69)(H,56,68)(H,57,67)(H,63,64). The molecule has 22 heteroatoms. The number of unbranched alkanes of at least 4 members (excludes halogenated alkanes) is 3. The third-order valence-electron chi connectivity index (χ3n) is 12.7. The molecule has 1 aliphatic carbocycles. The number of likely N-dealkylation sites (N-methyl/N-ethyl adjacent to an activating group) is 1. The molecule has 394 valence electrons. The van der Waals surface area contributed by atoms with E-state index in [2.05, 4.69) is 26.6 Å². The van der Waals surface area contributed by atoms with Crippen LogP contribution in [0.1, 0.15) is 109 Å². The fraction of sp³-hybridized carbons (Fsp3) is 0.560.